The van der Waals surface area contributed by atoms with Gasteiger partial charge in [-0.1, -0.05) is 23.7 Å². The SMILES string of the molecule is NC1=Cc2cccc(Cl)c2C1. The van der Waals surface area contributed by atoms with Gasteiger partial charge in [0.25, 0.3) is 0 Å². The van der Waals surface area contributed by atoms with Crippen LogP contribution in [-0.4, -0.2) is 0 Å². The van der Waals surface area contributed by atoms with E-state index in [4.69, 9.17) is 17.3 Å². The van der Waals surface area contributed by atoms with Crippen LogP contribution in [0.5, 0.6) is 0 Å². The summed E-state index contributed by atoms with van der Waals surface area (Å²) in [6, 6.07) is 5.87. The van der Waals surface area contributed by atoms with Crippen LogP contribution in [0.25, 0.3) is 6.08 Å². The maximum atomic E-state index is 5.95. The molecule has 0 atom stereocenters. The number of hydrogen-bond acceptors (Lipinski definition) is 1. The number of fused-ring (bicyclic) bond motifs is 1. The first-order valence-electron chi connectivity index (χ1n) is 3.51. The van der Waals surface area contributed by atoms with E-state index in [-0.39, 0.29) is 0 Å². The summed E-state index contributed by atoms with van der Waals surface area (Å²) in [4.78, 5) is 0. The first-order chi connectivity index (χ1) is 5.27. The van der Waals surface area contributed by atoms with E-state index in [1.165, 1.54) is 0 Å². The molecule has 0 bridgehead atoms. The van der Waals surface area contributed by atoms with Crippen molar-refractivity contribution in [1.29, 1.82) is 0 Å². The van der Waals surface area contributed by atoms with Crippen LogP contribution in [0.3, 0.4) is 0 Å². The molecule has 0 saturated carbocycles. The minimum Gasteiger partial charge on any atom is -0.402 e. The fourth-order valence-corrected chi connectivity index (χ4v) is 1.60. The predicted molar refractivity (Wildman–Crippen MR) is 47.3 cm³/mol. The summed E-state index contributed by atoms with van der Waals surface area (Å²) in [5.74, 6) is 0. The van der Waals surface area contributed by atoms with Gasteiger partial charge in [0.1, 0.15) is 0 Å². The van der Waals surface area contributed by atoms with Crippen molar-refractivity contribution in [2.24, 2.45) is 5.73 Å². The Morgan fingerprint density at radius 2 is 2.18 bits per heavy atom. The Bertz CT molecular complexity index is 328. The lowest BCUT2D eigenvalue weighted by Crippen LogP contribution is -1.95. The zero-order chi connectivity index (χ0) is 7.84. The third-order valence-electron chi connectivity index (χ3n) is 1.88. The molecular weight excluding hydrogens is 158 g/mol. The zero-order valence-electron chi connectivity index (χ0n) is 5.97. The quantitative estimate of drug-likeness (QED) is 0.627. The van der Waals surface area contributed by atoms with E-state index in [0.29, 0.717) is 0 Å². The lowest BCUT2D eigenvalue weighted by Gasteiger charge is -1.99. The standard InChI is InChI=1S/C9H8ClN/c10-9-3-1-2-6-4-7(11)5-8(6)9/h1-4H,5,11H2. The first-order valence-corrected chi connectivity index (χ1v) is 3.88. The van der Waals surface area contributed by atoms with Crippen molar-refractivity contribution in [3.63, 3.8) is 0 Å². The van der Waals surface area contributed by atoms with Gasteiger partial charge in [-0.05, 0) is 23.3 Å². The van der Waals surface area contributed by atoms with E-state index < -0.39 is 0 Å². The molecule has 1 aliphatic carbocycles. The fourth-order valence-electron chi connectivity index (χ4n) is 1.35. The second-order valence-electron chi connectivity index (χ2n) is 2.70. The number of halogens is 1. The lowest BCUT2D eigenvalue weighted by molar-refractivity contribution is 1.16. The Labute approximate surface area is 70.5 Å². The van der Waals surface area contributed by atoms with Gasteiger partial charge in [-0.3, -0.25) is 0 Å². The number of hydrogen-bond donors (Lipinski definition) is 1. The predicted octanol–water partition coefficient (Wildman–Crippen LogP) is 2.20. The average molecular weight is 166 g/mol. The molecule has 0 amide bonds. The molecule has 0 unspecified atom stereocenters. The molecule has 1 aliphatic rings. The Kier molecular flexibility index (Phi) is 1.40. The molecule has 0 fully saturated rings. The van der Waals surface area contributed by atoms with E-state index in [2.05, 4.69) is 0 Å². The highest BCUT2D eigenvalue weighted by atomic mass is 35.5. The van der Waals surface area contributed by atoms with Crippen LogP contribution in [0.2, 0.25) is 5.02 Å². The monoisotopic (exact) mass is 165 g/mol. The third kappa shape index (κ3) is 1.02. The maximum absolute atomic E-state index is 5.95. The molecule has 0 aromatic heterocycles. The molecule has 1 aromatic carbocycles. The molecule has 1 nitrogen and oxygen atoms in total. The molecule has 0 radical (unpaired) electrons. The van der Waals surface area contributed by atoms with E-state index in [1.54, 1.807) is 0 Å². The summed E-state index contributed by atoms with van der Waals surface area (Å²) in [5, 5.41) is 0.819. The molecule has 2 heteroatoms. The summed E-state index contributed by atoms with van der Waals surface area (Å²) < 4.78 is 0. The van der Waals surface area contributed by atoms with Crippen LogP contribution >= 0.6 is 11.6 Å². The normalized spacial score (nSPS) is 14.5. The molecule has 56 valence electrons. The number of allylic oxidation sites excluding steroid dienone is 1. The van der Waals surface area contributed by atoms with Gasteiger partial charge < -0.3 is 5.73 Å². The minimum absolute atomic E-state index is 0.801. The van der Waals surface area contributed by atoms with Crippen molar-refractivity contribution in [2.75, 3.05) is 0 Å². The highest BCUT2D eigenvalue weighted by Gasteiger charge is 2.11. The smallest absolute Gasteiger partial charge is 0.0447 e. The van der Waals surface area contributed by atoms with Crippen LogP contribution in [0, 0.1) is 0 Å². The summed E-state index contributed by atoms with van der Waals surface area (Å²) in [6.07, 6.45) is 2.77. The zero-order valence-corrected chi connectivity index (χ0v) is 6.73. The van der Waals surface area contributed by atoms with Crippen LogP contribution in [0.15, 0.2) is 23.9 Å². The third-order valence-corrected chi connectivity index (χ3v) is 2.23. The second-order valence-corrected chi connectivity index (χ2v) is 3.11. The topological polar surface area (TPSA) is 26.0 Å². The highest BCUT2D eigenvalue weighted by Crippen LogP contribution is 2.28. The van der Waals surface area contributed by atoms with Gasteiger partial charge in [-0.15, -0.1) is 0 Å². The van der Waals surface area contributed by atoms with Crippen LogP contribution in [0.1, 0.15) is 11.1 Å². The first kappa shape index (κ1) is 6.74. The molecule has 11 heavy (non-hydrogen) atoms. The summed E-state index contributed by atoms with van der Waals surface area (Å²) in [7, 11) is 0. The van der Waals surface area contributed by atoms with Crippen molar-refractivity contribution in [3.8, 4) is 0 Å². The van der Waals surface area contributed by atoms with Gasteiger partial charge in [0.2, 0.25) is 0 Å². The highest BCUT2D eigenvalue weighted by molar-refractivity contribution is 6.31. The Morgan fingerprint density at radius 3 is 2.91 bits per heavy atom. The minimum atomic E-state index is 0.801. The summed E-state index contributed by atoms with van der Waals surface area (Å²) >= 11 is 5.95. The van der Waals surface area contributed by atoms with Gasteiger partial charge in [0, 0.05) is 17.1 Å². The van der Waals surface area contributed by atoms with Crippen molar-refractivity contribution in [1.82, 2.24) is 0 Å². The number of nitrogens with two attached hydrogens (primary N) is 1. The van der Waals surface area contributed by atoms with Crippen LogP contribution in [0.4, 0.5) is 0 Å². The molecule has 0 heterocycles. The van der Waals surface area contributed by atoms with Gasteiger partial charge in [0.15, 0.2) is 0 Å². The summed E-state index contributed by atoms with van der Waals surface area (Å²) in [5.41, 5.74) is 8.87. The molecule has 2 rings (SSSR count). The maximum Gasteiger partial charge on any atom is 0.0447 e. The van der Waals surface area contributed by atoms with Gasteiger partial charge in [0.05, 0.1) is 0 Å². The van der Waals surface area contributed by atoms with E-state index in [0.717, 1.165) is 28.3 Å². The largest absolute Gasteiger partial charge is 0.402 e. The molecule has 0 saturated heterocycles. The Balaban J connectivity index is 2.59. The van der Waals surface area contributed by atoms with E-state index >= 15 is 0 Å². The average Bonchev–Trinajstić information content (AvgIpc) is 2.31. The van der Waals surface area contributed by atoms with Crippen molar-refractivity contribution in [3.05, 3.63) is 40.0 Å². The van der Waals surface area contributed by atoms with Gasteiger partial charge in [-0.25, -0.2) is 0 Å². The van der Waals surface area contributed by atoms with Crippen molar-refractivity contribution in [2.45, 2.75) is 6.42 Å². The molecule has 0 aliphatic heterocycles. The number of benzene rings is 1. The Morgan fingerprint density at radius 1 is 1.36 bits per heavy atom. The molecule has 1 aromatic rings. The fraction of sp³-hybridized carbons (Fsp3) is 0.111. The lowest BCUT2D eigenvalue weighted by atomic mass is 10.1. The van der Waals surface area contributed by atoms with Crippen LogP contribution < -0.4 is 5.73 Å². The molecular formula is C9H8ClN. The van der Waals surface area contributed by atoms with Crippen molar-refractivity contribution >= 4 is 17.7 Å². The van der Waals surface area contributed by atoms with Crippen molar-refractivity contribution < 1.29 is 0 Å². The summed E-state index contributed by atoms with van der Waals surface area (Å²) in [6.45, 7) is 0. The van der Waals surface area contributed by atoms with Gasteiger partial charge >= 0.3 is 0 Å². The van der Waals surface area contributed by atoms with Gasteiger partial charge in [-0.2, -0.15) is 0 Å². The Hall–Kier alpha value is -0.950. The molecule has 2 N–H and O–H groups in total. The number of rotatable bonds is 0. The van der Waals surface area contributed by atoms with Crippen LogP contribution in [-0.2, 0) is 6.42 Å². The van der Waals surface area contributed by atoms with E-state index in [9.17, 15) is 0 Å². The van der Waals surface area contributed by atoms with E-state index in [1.807, 2.05) is 24.3 Å². The molecule has 0 spiro atoms. The second kappa shape index (κ2) is 2.28.